The van der Waals surface area contributed by atoms with Gasteiger partial charge in [-0.15, -0.1) is 11.3 Å². The van der Waals surface area contributed by atoms with Gasteiger partial charge in [-0.1, -0.05) is 188 Å². The zero-order valence-corrected chi connectivity index (χ0v) is 34.5. The molecule has 1 nitrogen and oxygen atoms in total. The first-order chi connectivity index (χ1) is 30.8. The number of para-hydroxylation sites is 1. The third-order valence-corrected chi connectivity index (χ3v) is 14.3. The Hall–Kier alpha value is -7.78. The number of hydrogen-bond acceptors (Lipinski definition) is 1. The van der Waals surface area contributed by atoms with E-state index < -0.39 is 0 Å². The fourth-order valence-electron chi connectivity index (χ4n) is 10.2. The van der Waals surface area contributed by atoms with Crippen molar-refractivity contribution < 1.29 is 0 Å². The quantitative estimate of drug-likeness (QED) is 0.153. The highest BCUT2D eigenvalue weighted by molar-refractivity contribution is 7.26. The summed E-state index contributed by atoms with van der Waals surface area (Å²) in [4.78, 5) is 0. The number of fused-ring (bicyclic) bond motifs is 9. The van der Waals surface area contributed by atoms with Gasteiger partial charge in [-0.05, 0) is 113 Å². The van der Waals surface area contributed by atoms with Gasteiger partial charge in [0.25, 0.3) is 0 Å². The molecule has 0 N–H and O–H groups in total. The molecule has 288 valence electrons. The van der Waals surface area contributed by atoms with E-state index in [2.05, 4.69) is 229 Å². The van der Waals surface area contributed by atoms with Crippen LogP contribution in [0.1, 0.15) is 0 Å². The van der Waals surface area contributed by atoms with E-state index in [0.29, 0.717) is 0 Å². The van der Waals surface area contributed by atoms with Crippen LogP contribution >= 0.6 is 11.3 Å². The highest BCUT2D eigenvalue weighted by Crippen LogP contribution is 2.46. The van der Waals surface area contributed by atoms with Crippen LogP contribution in [0.25, 0.3) is 124 Å². The van der Waals surface area contributed by atoms with Crippen LogP contribution < -0.4 is 0 Å². The Bertz CT molecular complexity index is 3850. The first-order valence-electron chi connectivity index (χ1n) is 21.3. The maximum absolute atomic E-state index is 2.43. The lowest BCUT2D eigenvalue weighted by molar-refractivity contribution is 1.18. The van der Waals surface area contributed by atoms with E-state index in [9.17, 15) is 0 Å². The summed E-state index contributed by atoms with van der Waals surface area (Å²) in [6, 6.07) is 82.8. The summed E-state index contributed by atoms with van der Waals surface area (Å²) < 4.78 is 5.09. The molecule has 0 aliphatic rings. The first kappa shape index (κ1) is 35.0. The molecule has 0 amide bonds. The molecule has 2 heteroatoms. The summed E-state index contributed by atoms with van der Waals surface area (Å²) in [5.41, 5.74) is 13.6. The molecule has 0 unspecified atom stereocenters. The predicted molar refractivity (Wildman–Crippen MR) is 268 cm³/mol. The van der Waals surface area contributed by atoms with E-state index in [1.807, 2.05) is 11.3 Å². The number of aromatic nitrogens is 1. The normalized spacial score (nSPS) is 11.9. The molecule has 0 fully saturated rings. The second-order valence-corrected chi connectivity index (χ2v) is 17.4. The molecule has 0 atom stereocenters. The highest BCUT2D eigenvalue weighted by atomic mass is 32.1. The largest absolute Gasteiger partial charge is 0.309 e. The van der Waals surface area contributed by atoms with E-state index in [1.165, 1.54) is 119 Å². The van der Waals surface area contributed by atoms with Crippen molar-refractivity contribution in [3.8, 4) is 50.2 Å². The molecule has 0 aliphatic heterocycles. The second kappa shape index (κ2) is 13.9. The fourth-order valence-corrected chi connectivity index (χ4v) is 11.6. The van der Waals surface area contributed by atoms with Crippen LogP contribution in [0, 0.1) is 0 Å². The van der Waals surface area contributed by atoms with Crippen LogP contribution in [0.4, 0.5) is 0 Å². The zero-order chi connectivity index (χ0) is 40.7. The molecular formula is C60H37NS. The van der Waals surface area contributed by atoms with Crippen molar-refractivity contribution >= 4 is 85.6 Å². The lowest BCUT2D eigenvalue weighted by Gasteiger charge is -2.18. The molecule has 13 rings (SSSR count). The summed E-state index contributed by atoms with van der Waals surface area (Å²) in [5.74, 6) is 0. The minimum atomic E-state index is 1.15. The maximum atomic E-state index is 2.43. The minimum absolute atomic E-state index is 1.15. The van der Waals surface area contributed by atoms with Crippen LogP contribution in [-0.2, 0) is 0 Å². The minimum Gasteiger partial charge on any atom is -0.309 e. The molecule has 62 heavy (non-hydrogen) atoms. The smallest absolute Gasteiger partial charge is 0.0541 e. The summed E-state index contributed by atoms with van der Waals surface area (Å²) in [7, 11) is 0. The Kier molecular flexibility index (Phi) is 7.85. The number of hydrogen-bond donors (Lipinski definition) is 0. The number of thiophene rings is 1. The molecule has 0 radical (unpaired) electrons. The first-order valence-corrected chi connectivity index (χ1v) is 22.2. The third-order valence-electron chi connectivity index (χ3n) is 13.0. The zero-order valence-electron chi connectivity index (χ0n) is 33.7. The van der Waals surface area contributed by atoms with Crippen LogP contribution in [0.5, 0.6) is 0 Å². The van der Waals surface area contributed by atoms with Crippen LogP contribution in [0.2, 0.25) is 0 Å². The van der Waals surface area contributed by atoms with Crippen LogP contribution in [0.15, 0.2) is 224 Å². The number of benzene rings is 11. The van der Waals surface area contributed by atoms with Gasteiger partial charge in [-0.3, -0.25) is 0 Å². The van der Waals surface area contributed by atoms with Gasteiger partial charge in [0.15, 0.2) is 0 Å². The third kappa shape index (κ3) is 5.34. The van der Waals surface area contributed by atoms with Crippen molar-refractivity contribution in [1.82, 2.24) is 4.57 Å². The predicted octanol–water partition coefficient (Wildman–Crippen LogP) is 17.3. The van der Waals surface area contributed by atoms with Gasteiger partial charge in [0.2, 0.25) is 0 Å². The fraction of sp³-hybridized carbons (Fsp3) is 0. The molecule has 0 aliphatic carbocycles. The molecule has 2 aromatic heterocycles. The maximum Gasteiger partial charge on any atom is 0.0541 e. The van der Waals surface area contributed by atoms with Gasteiger partial charge in [-0.25, -0.2) is 0 Å². The van der Waals surface area contributed by atoms with Gasteiger partial charge in [-0.2, -0.15) is 0 Å². The van der Waals surface area contributed by atoms with Gasteiger partial charge in [0, 0.05) is 36.6 Å². The highest BCUT2D eigenvalue weighted by Gasteiger charge is 2.19. The van der Waals surface area contributed by atoms with Gasteiger partial charge < -0.3 is 4.57 Å². The lowest BCUT2D eigenvalue weighted by Crippen LogP contribution is -1.94. The average molecular weight is 804 g/mol. The standard InChI is InChI=1S/C60H37NS/c1-2-15-39(16-3-1)57-48-19-6-8-21-50(48)58(51-22-9-7-20-49(51)57)40-30-33-44(34-31-40)61-55-27-11-10-18-47(55)54-37-43(32-35-56(54)61)46-24-13-26-53-52-25-12-23-45(59(52)62-60(46)53)42-29-28-38-14-4-5-17-41(38)36-42/h1-37H. The summed E-state index contributed by atoms with van der Waals surface area (Å²) in [6.07, 6.45) is 0. The average Bonchev–Trinajstić information content (AvgIpc) is 3.89. The Morgan fingerprint density at radius 3 is 1.39 bits per heavy atom. The molecule has 0 saturated heterocycles. The molecule has 11 aromatic carbocycles. The van der Waals surface area contributed by atoms with Crippen LogP contribution in [-0.4, -0.2) is 4.57 Å². The van der Waals surface area contributed by atoms with Gasteiger partial charge >= 0.3 is 0 Å². The molecule has 13 aromatic rings. The Morgan fingerprint density at radius 1 is 0.274 bits per heavy atom. The lowest BCUT2D eigenvalue weighted by atomic mass is 9.86. The summed E-state index contributed by atoms with van der Waals surface area (Å²) in [5, 5.41) is 12.7. The Morgan fingerprint density at radius 2 is 0.742 bits per heavy atom. The van der Waals surface area contributed by atoms with Crippen molar-refractivity contribution in [2.45, 2.75) is 0 Å². The van der Waals surface area contributed by atoms with E-state index in [4.69, 9.17) is 0 Å². The molecule has 0 saturated carbocycles. The van der Waals surface area contributed by atoms with Crippen molar-refractivity contribution in [2.24, 2.45) is 0 Å². The summed E-state index contributed by atoms with van der Waals surface area (Å²) in [6.45, 7) is 0. The van der Waals surface area contributed by atoms with E-state index in [0.717, 1.165) is 5.69 Å². The SMILES string of the molecule is c1ccc(-c2c3ccccc3c(-c3ccc(-n4c5ccccc5c5cc(-c6cccc7c6sc6c(-c8ccc9ccccc9c8)cccc67)ccc54)cc3)c3ccccc23)cc1. The number of rotatable bonds is 5. The van der Waals surface area contributed by atoms with Crippen molar-refractivity contribution in [2.75, 3.05) is 0 Å². The van der Waals surface area contributed by atoms with Gasteiger partial charge in [0.1, 0.15) is 0 Å². The van der Waals surface area contributed by atoms with Crippen molar-refractivity contribution in [3.05, 3.63) is 224 Å². The van der Waals surface area contributed by atoms with Crippen molar-refractivity contribution in [1.29, 1.82) is 0 Å². The Labute approximate surface area is 363 Å². The Balaban J connectivity index is 0.941. The van der Waals surface area contributed by atoms with E-state index >= 15 is 0 Å². The molecule has 2 heterocycles. The monoisotopic (exact) mass is 803 g/mol. The second-order valence-electron chi connectivity index (χ2n) is 16.4. The van der Waals surface area contributed by atoms with E-state index in [-0.39, 0.29) is 0 Å². The summed E-state index contributed by atoms with van der Waals surface area (Å²) >= 11 is 1.92. The molecular weight excluding hydrogens is 767 g/mol. The number of nitrogens with zero attached hydrogens (tertiary/aromatic N) is 1. The van der Waals surface area contributed by atoms with Crippen LogP contribution in [0.3, 0.4) is 0 Å². The molecule has 0 spiro atoms. The van der Waals surface area contributed by atoms with Crippen molar-refractivity contribution in [3.63, 3.8) is 0 Å². The molecule has 0 bridgehead atoms. The topological polar surface area (TPSA) is 4.93 Å². The van der Waals surface area contributed by atoms with E-state index in [1.54, 1.807) is 0 Å². The van der Waals surface area contributed by atoms with Gasteiger partial charge in [0.05, 0.1) is 11.0 Å².